The van der Waals surface area contributed by atoms with Gasteiger partial charge in [0.2, 0.25) is 5.91 Å². The van der Waals surface area contributed by atoms with Crippen LogP contribution in [0.25, 0.3) is 0 Å². The van der Waals surface area contributed by atoms with Crippen LogP contribution in [0.15, 0.2) is 63.3 Å². The van der Waals surface area contributed by atoms with Crippen molar-refractivity contribution in [2.24, 2.45) is 0 Å². The summed E-state index contributed by atoms with van der Waals surface area (Å²) in [6.07, 6.45) is 0. The van der Waals surface area contributed by atoms with Crippen LogP contribution in [0.1, 0.15) is 5.56 Å². The summed E-state index contributed by atoms with van der Waals surface area (Å²) in [6.45, 7) is 0. The predicted molar refractivity (Wildman–Crippen MR) is 102 cm³/mol. The Kier molecular flexibility index (Phi) is 6.43. The second-order valence-electron chi connectivity index (χ2n) is 4.95. The van der Waals surface area contributed by atoms with Crippen molar-refractivity contribution in [3.63, 3.8) is 0 Å². The molecule has 0 aliphatic rings. The van der Waals surface area contributed by atoms with Gasteiger partial charge in [0.15, 0.2) is 8.68 Å². The largest absolute Gasteiger partial charge is 0.325 e. The third-order valence-corrected chi connectivity index (χ3v) is 6.31. The summed E-state index contributed by atoms with van der Waals surface area (Å²) in [6, 6.07) is 15.8. The lowest BCUT2D eigenvalue weighted by atomic mass is 10.2. The summed E-state index contributed by atoms with van der Waals surface area (Å²) < 4.78 is 14.5. The highest BCUT2D eigenvalue weighted by Crippen LogP contribution is 2.30. The molecule has 2 aromatic carbocycles. The smallest absolute Gasteiger partial charge is 0.234 e. The van der Waals surface area contributed by atoms with Crippen molar-refractivity contribution in [2.45, 2.75) is 14.4 Å². The fourth-order valence-corrected chi connectivity index (χ4v) is 4.67. The summed E-state index contributed by atoms with van der Waals surface area (Å²) in [4.78, 5) is 11.9. The first-order chi connectivity index (χ1) is 12.2. The molecular weight excluding hydrogens is 377 g/mol. The van der Waals surface area contributed by atoms with Crippen LogP contribution in [0.3, 0.4) is 0 Å². The summed E-state index contributed by atoms with van der Waals surface area (Å²) in [5.41, 5.74) is 1.80. The van der Waals surface area contributed by atoms with Gasteiger partial charge in [-0.15, -0.1) is 10.2 Å². The Morgan fingerprint density at radius 3 is 2.40 bits per heavy atom. The number of nitrogens with zero attached hydrogens (tertiary/aromatic N) is 2. The van der Waals surface area contributed by atoms with Crippen LogP contribution >= 0.6 is 34.9 Å². The van der Waals surface area contributed by atoms with Crippen molar-refractivity contribution in [1.29, 1.82) is 0 Å². The van der Waals surface area contributed by atoms with Crippen LogP contribution in [-0.2, 0) is 10.5 Å². The van der Waals surface area contributed by atoms with Crippen molar-refractivity contribution in [3.8, 4) is 0 Å². The van der Waals surface area contributed by atoms with E-state index in [0.29, 0.717) is 5.69 Å². The van der Waals surface area contributed by atoms with E-state index in [9.17, 15) is 9.18 Å². The number of amides is 1. The first kappa shape index (κ1) is 17.9. The van der Waals surface area contributed by atoms with E-state index in [0.717, 1.165) is 14.4 Å². The Morgan fingerprint density at radius 2 is 1.68 bits per heavy atom. The van der Waals surface area contributed by atoms with Gasteiger partial charge in [0.05, 0.1) is 5.75 Å². The maximum atomic E-state index is 12.8. The van der Waals surface area contributed by atoms with E-state index < -0.39 is 0 Å². The maximum Gasteiger partial charge on any atom is 0.234 e. The zero-order chi connectivity index (χ0) is 17.5. The highest BCUT2D eigenvalue weighted by molar-refractivity contribution is 8.03. The van der Waals surface area contributed by atoms with Gasteiger partial charge in [0.25, 0.3) is 0 Å². The number of nitrogens with one attached hydrogen (secondary N) is 1. The second-order valence-corrected chi connectivity index (χ2v) is 8.37. The van der Waals surface area contributed by atoms with E-state index in [1.807, 2.05) is 18.2 Å². The first-order valence-corrected chi connectivity index (χ1v) is 10.2. The molecule has 8 heteroatoms. The first-order valence-electron chi connectivity index (χ1n) is 7.37. The quantitative estimate of drug-likeness (QED) is 0.592. The second kappa shape index (κ2) is 8.98. The Hall–Kier alpha value is -1.90. The number of hydrogen-bond donors (Lipinski definition) is 1. The van der Waals surface area contributed by atoms with Crippen molar-refractivity contribution in [1.82, 2.24) is 10.2 Å². The molecule has 0 aliphatic carbocycles. The molecule has 0 atom stereocenters. The summed E-state index contributed by atoms with van der Waals surface area (Å²) in [7, 11) is 0. The number of hydrogen-bond acceptors (Lipinski definition) is 6. The van der Waals surface area contributed by atoms with Crippen LogP contribution in [0.2, 0.25) is 0 Å². The molecule has 0 fully saturated rings. The highest BCUT2D eigenvalue weighted by Gasteiger charge is 2.09. The number of carbonyl (C=O) groups is 1. The molecule has 4 nitrogen and oxygen atoms in total. The molecule has 3 aromatic rings. The molecule has 0 saturated heterocycles. The molecule has 1 amide bonds. The van der Waals surface area contributed by atoms with Gasteiger partial charge < -0.3 is 5.32 Å². The van der Waals surface area contributed by atoms with Gasteiger partial charge in [-0.1, -0.05) is 65.2 Å². The Labute approximate surface area is 157 Å². The number of anilines is 1. The van der Waals surface area contributed by atoms with Crippen LogP contribution in [0, 0.1) is 5.82 Å². The average Bonchev–Trinajstić information content (AvgIpc) is 3.09. The molecular formula is C17H14FN3OS3. The zero-order valence-electron chi connectivity index (χ0n) is 13.0. The van der Waals surface area contributed by atoms with Gasteiger partial charge in [0, 0.05) is 11.4 Å². The molecule has 1 heterocycles. The van der Waals surface area contributed by atoms with E-state index in [1.165, 1.54) is 52.9 Å². The van der Waals surface area contributed by atoms with Crippen molar-refractivity contribution < 1.29 is 9.18 Å². The molecule has 0 unspecified atom stereocenters. The maximum absolute atomic E-state index is 12.8. The molecule has 0 bridgehead atoms. The minimum Gasteiger partial charge on any atom is -0.325 e. The number of carbonyl (C=O) groups excluding carboxylic acids is 1. The summed E-state index contributed by atoms with van der Waals surface area (Å²) in [5.74, 6) is 0.577. The minimum absolute atomic E-state index is 0.162. The van der Waals surface area contributed by atoms with Gasteiger partial charge in [-0.2, -0.15) is 0 Å². The molecule has 0 radical (unpaired) electrons. The average molecular weight is 392 g/mol. The van der Waals surface area contributed by atoms with Crippen molar-refractivity contribution in [3.05, 3.63) is 66.0 Å². The van der Waals surface area contributed by atoms with Crippen molar-refractivity contribution in [2.75, 3.05) is 11.1 Å². The zero-order valence-corrected chi connectivity index (χ0v) is 15.5. The van der Waals surface area contributed by atoms with Gasteiger partial charge in [-0.05, 0) is 29.8 Å². The number of aromatic nitrogens is 2. The Bertz CT molecular complexity index is 825. The third kappa shape index (κ3) is 5.84. The number of halogens is 1. The SMILES string of the molecule is O=C(CSc1nnc(SCc2ccccc2)s1)Nc1ccc(F)cc1. The minimum atomic E-state index is -0.332. The van der Waals surface area contributed by atoms with Crippen molar-refractivity contribution >= 4 is 46.5 Å². The molecule has 1 aromatic heterocycles. The highest BCUT2D eigenvalue weighted by atomic mass is 32.2. The van der Waals surface area contributed by atoms with E-state index >= 15 is 0 Å². The predicted octanol–water partition coefficient (Wildman–Crippen LogP) is 4.70. The lowest BCUT2D eigenvalue weighted by Gasteiger charge is -2.03. The van der Waals surface area contributed by atoms with E-state index in [4.69, 9.17) is 0 Å². The lowest BCUT2D eigenvalue weighted by molar-refractivity contribution is -0.113. The number of rotatable bonds is 7. The monoisotopic (exact) mass is 391 g/mol. The number of benzene rings is 2. The van der Waals surface area contributed by atoms with Crippen LogP contribution < -0.4 is 5.32 Å². The molecule has 3 rings (SSSR count). The summed E-state index contributed by atoms with van der Waals surface area (Å²) >= 11 is 4.44. The molecule has 0 aliphatic heterocycles. The summed E-state index contributed by atoms with van der Waals surface area (Å²) in [5, 5.41) is 11.0. The molecule has 0 saturated carbocycles. The van der Waals surface area contributed by atoms with E-state index in [1.54, 1.807) is 11.8 Å². The topological polar surface area (TPSA) is 54.9 Å². The molecule has 25 heavy (non-hydrogen) atoms. The fraction of sp³-hybridized carbons (Fsp3) is 0.118. The van der Waals surface area contributed by atoms with Gasteiger partial charge in [-0.25, -0.2) is 4.39 Å². The number of thioether (sulfide) groups is 2. The molecule has 0 spiro atoms. The Morgan fingerprint density at radius 1 is 1.00 bits per heavy atom. The Balaban J connectivity index is 1.45. The van der Waals surface area contributed by atoms with E-state index in [-0.39, 0.29) is 17.5 Å². The molecule has 128 valence electrons. The van der Waals surface area contributed by atoms with Gasteiger partial charge in [-0.3, -0.25) is 4.79 Å². The van der Waals surface area contributed by atoms with Crippen LogP contribution in [0.4, 0.5) is 10.1 Å². The third-order valence-electron chi connectivity index (χ3n) is 3.05. The van der Waals surface area contributed by atoms with E-state index in [2.05, 4.69) is 27.6 Å². The van der Waals surface area contributed by atoms with Gasteiger partial charge in [0.1, 0.15) is 5.82 Å². The molecule has 1 N–H and O–H groups in total. The van der Waals surface area contributed by atoms with Crippen LogP contribution in [-0.4, -0.2) is 21.9 Å². The standard InChI is InChI=1S/C17H14FN3OS3/c18-13-6-8-14(9-7-13)19-15(22)11-24-17-21-20-16(25-17)23-10-12-4-2-1-3-5-12/h1-9H,10-11H2,(H,19,22). The lowest BCUT2D eigenvalue weighted by Crippen LogP contribution is -2.13. The van der Waals surface area contributed by atoms with Gasteiger partial charge >= 0.3 is 0 Å². The normalized spacial score (nSPS) is 10.6. The van der Waals surface area contributed by atoms with Crippen LogP contribution in [0.5, 0.6) is 0 Å². The fourth-order valence-electron chi connectivity index (χ4n) is 1.89.